The predicted molar refractivity (Wildman–Crippen MR) is 176 cm³/mol. The average molecular weight is 607 g/mol. The van der Waals surface area contributed by atoms with Crippen LogP contribution < -0.4 is 10.2 Å². The van der Waals surface area contributed by atoms with E-state index in [9.17, 15) is 9.59 Å². The Morgan fingerprint density at radius 3 is 2.16 bits per heavy atom. The molecule has 230 valence electrons. The lowest BCUT2D eigenvalue weighted by Gasteiger charge is -2.32. The zero-order chi connectivity index (χ0) is 31.4. The number of hydrogen-bond donors (Lipinski definition) is 1. The number of allylic oxidation sites excluding steroid dienone is 1. The first kappa shape index (κ1) is 30.4. The number of carbonyl (C=O) groups is 2. The van der Waals surface area contributed by atoms with Crippen molar-refractivity contribution in [3.63, 3.8) is 0 Å². The predicted octanol–water partition coefficient (Wildman–Crippen LogP) is 6.92. The normalized spacial score (nSPS) is 17.8. The molecule has 2 aliphatic heterocycles. The number of para-hydroxylation sites is 2. The number of alkyl halides is 2. The van der Waals surface area contributed by atoms with Gasteiger partial charge < -0.3 is 15.1 Å². The van der Waals surface area contributed by atoms with Crippen molar-refractivity contribution < 1.29 is 18.4 Å². The monoisotopic (exact) mass is 606 g/mol. The van der Waals surface area contributed by atoms with Crippen LogP contribution in [0.4, 0.5) is 20.2 Å². The van der Waals surface area contributed by atoms with E-state index < -0.39 is 18.3 Å². The van der Waals surface area contributed by atoms with Crippen molar-refractivity contribution in [1.82, 2.24) is 9.80 Å². The first-order valence-corrected chi connectivity index (χ1v) is 15.3. The third kappa shape index (κ3) is 6.57. The van der Waals surface area contributed by atoms with Crippen LogP contribution in [0.5, 0.6) is 0 Å². The lowest BCUT2D eigenvalue weighted by molar-refractivity contribution is 0.0596. The van der Waals surface area contributed by atoms with E-state index in [0.29, 0.717) is 40.2 Å². The molecule has 0 aromatic heterocycles. The molecule has 2 heterocycles. The fourth-order valence-electron chi connectivity index (χ4n) is 6.06. The molecule has 0 radical (unpaired) electrons. The molecule has 4 aromatic rings. The van der Waals surface area contributed by atoms with E-state index in [4.69, 9.17) is 0 Å². The van der Waals surface area contributed by atoms with Crippen molar-refractivity contribution in [3.05, 3.63) is 126 Å². The second-order valence-corrected chi connectivity index (χ2v) is 11.6. The fourth-order valence-corrected chi connectivity index (χ4v) is 6.06. The van der Waals surface area contributed by atoms with E-state index in [1.165, 1.54) is 4.90 Å². The number of piperazine rings is 1. The number of benzene rings is 4. The Morgan fingerprint density at radius 2 is 1.42 bits per heavy atom. The summed E-state index contributed by atoms with van der Waals surface area (Å²) < 4.78 is 31.8. The molecule has 6 rings (SSSR count). The largest absolute Gasteiger partial charge is 0.322 e. The Labute approximate surface area is 262 Å². The second-order valence-electron chi connectivity index (χ2n) is 11.6. The fraction of sp³-hybridized carbons (Fsp3) is 0.243. The number of anilines is 2. The zero-order valence-electron chi connectivity index (χ0n) is 25.3. The van der Waals surface area contributed by atoms with Gasteiger partial charge in [-0.25, -0.2) is 8.78 Å². The van der Waals surface area contributed by atoms with Crippen molar-refractivity contribution in [2.24, 2.45) is 0 Å². The highest BCUT2D eigenvalue weighted by Gasteiger charge is 2.41. The van der Waals surface area contributed by atoms with Gasteiger partial charge in [0, 0.05) is 79.2 Å². The van der Waals surface area contributed by atoms with Crippen LogP contribution in [0, 0.1) is 0 Å². The summed E-state index contributed by atoms with van der Waals surface area (Å²) in [4.78, 5) is 34.0. The summed E-state index contributed by atoms with van der Waals surface area (Å²) in [5.41, 5.74) is 3.08. The molecule has 0 aliphatic carbocycles. The van der Waals surface area contributed by atoms with Crippen LogP contribution in [0.15, 0.2) is 109 Å². The molecule has 8 heteroatoms. The van der Waals surface area contributed by atoms with Gasteiger partial charge in [-0.2, -0.15) is 0 Å². The third-order valence-electron chi connectivity index (χ3n) is 8.56. The van der Waals surface area contributed by atoms with Crippen LogP contribution in [0.1, 0.15) is 32.7 Å². The Balaban J connectivity index is 1.40. The van der Waals surface area contributed by atoms with Gasteiger partial charge >= 0.3 is 0 Å². The average Bonchev–Trinajstić information content (AvgIpc) is 3.17. The standard InChI is InChI=1S/C37H36F2N4O2/c1-41-23-25-42(26-24-41)21-19-32-29-15-8-9-18-33(29)43(22-20-37(32,38)39)36(45)31-17-10-16-30(34(31)27-11-4-2-5-12-27)35(44)40-28-13-6-3-7-14-28/h2-19H,20-26H2,1H3,(H,40,44). The molecule has 2 aliphatic rings. The number of nitrogens with zero attached hydrogens (tertiary/aromatic N) is 3. The van der Waals surface area contributed by atoms with Gasteiger partial charge in [0.1, 0.15) is 0 Å². The van der Waals surface area contributed by atoms with Crippen molar-refractivity contribution in [3.8, 4) is 11.1 Å². The minimum Gasteiger partial charge on any atom is -0.322 e. The maximum Gasteiger partial charge on any atom is 0.275 e. The molecule has 0 spiro atoms. The van der Waals surface area contributed by atoms with Crippen molar-refractivity contribution in [2.45, 2.75) is 12.3 Å². The van der Waals surface area contributed by atoms with E-state index in [1.54, 1.807) is 60.7 Å². The topological polar surface area (TPSA) is 55.9 Å². The molecule has 0 atom stereocenters. The SMILES string of the molecule is CN1CCN(CC=C2c3ccccc3N(C(=O)c3cccc(C(=O)Nc4ccccc4)c3-c3ccccc3)CCC2(F)F)CC1. The van der Waals surface area contributed by atoms with Gasteiger partial charge in [0.25, 0.3) is 17.7 Å². The molecular formula is C37H36F2N4O2. The molecule has 0 saturated carbocycles. The van der Waals surface area contributed by atoms with E-state index in [1.807, 2.05) is 48.5 Å². The molecule has 6 nitrogen and oxygen atoms in total. The van der Waals surface area contributed by atoms with Crippen molar-refractivity contribution in [1.29, 1.82) is 0 Å². The van der Waals surface area contributed by atoms with Gasteiger partial charge in [0.15, 0.2) is 0 Å². The molecule has 0 unspecified atom stereocenters. The zero-order valence-corrected chi connectivity index (χ0v) is 25.3. The first-order chi connectivity index (χ1) is 21.8. The number of rotatable bonds is 6. The summed E-state index contributed by atoms with van der Waals surface area (Å²) in [5.74, 6) is -3.93. The molecule has 2 amide bonds. The molecule has 1 fully saturated rings. The van der Waals surface area contributed by atoms with Crippen LogP contribution in [0.2, 0.25) is 0 Å². The number of amides is 2. The number of carbonyl (C=O) groups excluding carboxylic acids is 2. The second kappa shape index (κ2) is 13.1. The van der Waals surface area contributed by atoms with Gasteiger partial charge in [0.05, 0.1) is 5.69 Å². The van der Waals surface area contributed by atoms with Crippen LogP contribution in [0.25, 0.3) is 16.7 Å². The Hall–Kier alpha value is -4.66. The van der Waals surface area contributed by atoms with Crippen molar-refractivity contribution >= 4 is 28.8 Å². The maximum atomic E-state index is 15.9. The first-order valence-electron chi connectivity index (χ1n) is 15.3. The van der Waals surface area contributed by atoms with Gasteiger partial charge in [-0.15, -0.1) is 0 Å². The Kier molecular flexibility index (Phi) is 8.87. The van der Waals surface area contributed by atoms with E-state index >= 15 is 8.78 Å². The van der Waals surface area contributed by atoms with Gasteiger partial charge in [0.2, 0.25) is 0 Å². The molecule has 45 heavy (non-hydrogen) atoms. The van der Waals surface area contributed by atoms with Crippen LogP contribution >= 0.6 is 0 Å². The summed E-state index contributed by atoms with van der Waals surface area (Å²) in [6.45, 7) is 3.65. The highest BCUT2D eigenvalue weighted by Crippen LogP contribution is 2.44. The Morgan fingerprint density at radius 1 is 0.778 bits per heavy atom. The van der Waals surface area contributed by atoms with E-state index in [-0.39, 0.29) is 23.6 Å². The quantitative estimate of drug-likeness (QED) is 0.259. The molecule has 1 saturated heterocycles. The summed E-state index contributed by atoms with van der Waals surface area (Å²) in [6, 6.07) is 30.2. The minimum atomic E-state index is -3.13. The molecule has 0 bridgehead atoms. The number of likely N-dealkylation sites (N-methyl/N-ethyl adjacent to an activating group) is 1. The Bertz CT molecular complexity index is 1700. The number of nitrogens with one attached hydrogen (secondary N) is 1. The smallest absolute Gasteiger partial charge is 0.275 e. The molecular weight excluding hydrogens is 570 g/mol. The lowest BCUT2D eigenvalue weighted by atomic mass is 9.92. The van der Waals surface area contributed by atoms with E-state index in [0.717, 1.165) is 26.2 Å². The molecule has 1 N–H and O–H groups in total. The highest BCUT2D eigenvalue weighted by atomic mass is 19.3. The van der Waals surface area contributed by atoms with Crippen LogP contribution in [-0.2, 0) is 0 Å². The summed E-state index contributed by atoms with van der Waals surface area (Å²) >= 11 is 0. The summed E-state index contributed by atoms with van der Waals surface area (Å²) in [6.07, 6.45) is 1.12. The highest BCUT2D eigenvalue weighted by molar-refractivity contribution is 6.17. The number of halogens is 2. The summed E-state index contributed by atoms with van der Waals surface area (Å²) in [7, 11) is 2.06. The third-order valence-corrected chi connectivity index (χ3v) is 8.56. The lowest BCUT2D eigenvalue weighted by Crippen LogP contribution is -2.44. The summed E-state index contributed by atoms with van der Waals surface area (Å²) in [5, 5.41) is 2.92. The van der Waals surface area contributed by atoms with E-state index in [2.05, 4.69) is 22.2 Å². The number of hydrogen-bond acceptors (Lipinski definition) is 4. The van der Waals surface area contributed by atoms with Crippen LogP contribution in [0.3, 0.4) is 0 Å². The van der Waals surface area contributed by atoms with Crippen LogP contribution in [-0.4, -0.2) is 73.9 Å². The van der Waals surface area contributed by atoms with Gasteiger partial charge in [-0.3, -0.25) is 14.5 Å². The molecule has 4 aromatic carbocycles. The van der Waals surface area contributed by atoms with Gasteiger partial charge in [-0.05, 0) is 42.9 Å². The minimum absolute atomic E-state index is 0.0494. The number of fused-ring (bicyclic) bond motifs is 1. The van der Waals surface area contributed by atoms with Crippen molar-refractivity contribution in [2.75, 3.05) is 56.5 Å². The van der Waals surface area contributed by atoms with Gasteiger partial charge in [-0.1, -0.05) is 78.9 Å². The maximum absolute atomic E-state index is 15.9.